The Morgan fingerprint density at radius 3 is 2.60 bits per heavy atom. The van der Waals surface area contributed by atoms with Gasteiger partial charge >= 0.3 is 0 Å². The highest BCUT2D eigenvalue weighted by Crippen LogP contribution is 2.34. The van der Waals surface area contributed by atoms with Gasteiger partial charge in [-0.3, -0.25) is 14.4 Å². The molecule has 0 spiro atoms. The summed E-state index contributed by atoms with van der Waals surface area (Å²) >= 11 is 0. The van der Waals surface area contributed by atoms with Crippen molar-refractivity contribution in [3.63, 3.8) is 0 Å². The van der Waals surface area contributed by atoms with Crippen LogP contribution in [-0.2, 0) is 14.4 Å². The molecule has 0 unspecified atom stereocenters. The molecule has 1 fully saturated rings. The number of aryl methyl sites for hydroxylation is 2. The van der Waals surface area contributed by atoms with Crippen LogP contribution in [0, 0.1) is 13.8 Å². The average Bonchev–Trinajstić information content (AvgIpc) is 3.23. The van der Waals surface area contributed by atoms with Gasteiger partial charge in [-0.05, 0) is 55.5 Å². The number of anilines is 2. The van der Waals surface area contributed by atoms with Crippen molar-refractivity contribution < 1.29 is 14.4 Å². The number of likely N-dealkylation sites (tertiary alicyclic amines) is 1. The van der Waals surface area contributed by atoms with Crippen LogP contribution >= 0.6 is 0 Å². The van der Waals surface area contributed by atoms with Crippen LogP contribution in [0.2, 0.25) is 0 Å². The molecule has 1 saturated heterocycles. The van der Waals surface area contributed by atoms with E-state index in [1.54, 1.807) is 6.07 Å². The molecule has 4 rings (SSSR count). The van der Waals surface area contributed by atoms with Crippen LogP contribution in [-0.4, -0.2) is 35.7 Å². The molecule has 2 aliphatic heterocycles. The normalized spacial score (nSPS) is 18.2. The first-order chi connectivity index (χ1) is 14.4. The first-order valence-electron chi connectivity index (χ1n) is 10.5. The third kappa shape index (κ3) is 3.95. The summed E-state index contributed by atoms with van der Waals surface area (Å²) in [5, 5.41) is 2.78. The molecule has 2 heterocycles. The van der Waals surface area contributed by atoms with Gasteiger partial charge in [-0.15, -0.1) is 0 Å². The van der Waals surface area contributed by atoms with Crippen LogP contribution in [0.3, 0.4) is 0 Å². The van der Waals surface area contributed by atoms with Crippen molar-refractivity contribution >= 4 is 29.1 Å². The lowest BCUT2D eigenvalue weighted by molar-refractivity contribution is -0.134. The minimum absolute atomic E-state index is 0.00109. The van der Waals surface area contributed by atoms with Crippen molar-refractivity contribution in [2.75, 3.05) is 23.3 Å². The van der Waals surface area contributed by atoms with Gasteiger partial charge in [-0.25, -0.2) is 0 Å². The molecule has 0 radical (unpaired) electrons. The van der Waals surface area contributed by atoms with Crippen molar-refractivity contribution in [3.8, 4) is 0 Å². The zero-order chi connectivity index (χ0) is 21.3. The third-order valence-electron chi connectivity index (χ3n) is 6.11. The number of fused-ring (bicyclic) bond motifs is 1. The number of hydrogen-bond acceptors (Lipinski definition) is 3. The summed E-state index contributed by atoms with van der Waals surface area (Å²) in [5.74, 6) is -0.422. The molecule has 3 amide bonds. The van der Waals surface area contributed by atoms with E-state index in [9.17, 15) is 14.4 Å². The molecule has 30 heavy (non-hydrogen) atoms. The van der Waals surface area contributed by atoms with Crippen molar-refractivity contribution in [1.29, 1.82) is 0 Å². The highest BCUT2D eigenvalue weighted by Gasteiger charge is 2.31. The fraction of sp³-hybridized carbons (Fsp3) is 0.375. The van der Waals surface area contributed by atoms with Crippen molar-refractivity contribution in [3.05, 3.63) is 59.2 Å². The first kappa shape index (κ1) is 20.1. The van der Waals surface area contributed by atoms with Crippen LogP contribution < -0.4 is 10.2 Å². The minimum Gasteiger partial charge on any atom is -0.336 e. The average molecular weight is 405 g/mol. The fourth-order valence-electron chi connectivity index (χ4n) is 4.33. The van der Waals surface area contributed by atoms with E-state index in [0.29, 0.717) is 11.4 Å². The molecule has 0 aliphatic carbocycles. The minimum atomic E-state index is -0.220. The SMILES string of the molecule is Cc1ccc([C@@H]2CCCN2C(=O)CCC(=O)N2CC(=O)Nc3ccccc32)cc1C. The number of nitrogens with one attached hydrogen (secondary N) is 1. The van der Waals surface area contributed by atoms with E-state index in [-0.39, 0.29) is 43.1 Å². The molecule has 0 aromatic heterocycles. The van der Waals surface area contributed by atoms with Gasteiger partial charge in [-0.2, -0.15) is 0 Å². The summed E-state index contributed by atoms with van der Waals surface area (Å²) in [5.41, 5.74) is 4.94. The third-order valence-corrected chi connectivity index (χ3v) is 6.11. The Hall–Kier alpha value is -3.15. The second-order valence-electron chi connectivity index (χ2n) is 8.13. The standard InChI is InChI=1S/C24H27N3O3/c1-16-9-10-18(14-17(16)2)20-8-5-13-26(20)23(29)11-12-24(30)27-15-22(28)25-19-6-3-4-7-21(19)27/h3-4,6-7,9-10,14,20H,5,8,11-13,15H2,1-2H3,(H,25,28)/t20-/m0/s1. The monoisotopic (exact) mass is 405 g/mol. The lowest BCUT2D eigenvalue weighted by atomic mass is 9.99. The van der Waals surface area contributed by atoms with Gasteiger partial charge in [0.1, 0.15) is 6.54 Å². The van der Waals surface area contributed by atoms with Crippen LogP contribution in [0.15, 0.2) is 42.5 Å². The Kier molecular flexibility index (Phi) is 5.57. The van der Waals surface area contributed by atoms with E-state index in [0.717, 1.165) is 24.9 Å². The number of para-hydroxylation sites is 2. The summed E-state index contributed by atoms with van der Waals surface area (Å²) in [6, 6.07) is 13.7. The quantitative estimate of drug-likeness (QED) is 0.843. The molecule has 0 saturated carbocycles. The second-order valence-corrected chi connectivity index (χ2v) is 8.13. The predicted molar refractivity (Wildman–Crippen MR) is 116 cm³/mol. The molecule has 1 atom stereocenters. The predicted octanol–water partition coefficient (Wildman–Crippen LogP) is 3.73. The Balaban J connectivity index is 1.42. The number of nitrogens with zero attached hydrogens (tertiary/aromatic N) is 2. The molecule has 6 heteroatoms. The van der Waals surface area contributed by atoms with Crippen molar-refractivity contribution in [2.45, 2.75) is 45.6 Å². The largest absolute Gasteiger partial charge is 0.336 e. The topological polar surface area (TPSA) is 69.7 Å². The molecular formula is C24H27N3O3. The van der Waals surface area contributed by atoms with Crippen molar-refractivity contribution in [2.24, 2.45) is 0 Å². The molecule has 2 aromatic rings. The van der Waals surface area contributed by atoms with Gasteiger partial charge in [-0.1, -0.05) is 30.3 Å². The van der Waals surface area contributed by atoms with E-state index in [1.165, 1.54) is 16.0 Å². The van der Waals surface area contributed by atoms with Gasteiger partial charge < -0.3 is 15.1 Å². The molecule has 0 bridgehead atoms. The summed E-state index contributed by atoms with van der Waals surface area (Å²) in [6.45, 7) is 4.88. The van der Waals surface area contributed by atoms with Gasteiger partial charge in [0.25, 0.3) is 0 Å². The Morgan fingerprint density at radius 2 is 1.80 bits per heavy atom. The number of rotatable bonds is 4. The zero-order valence-corrected chi connectivity index (χ0v) is 17.5. The zero-order valence-electron chi connectivity index (χ0n) is 17.5. The van der Waals surface area contributed by atoms with E-state index in [1.807, 2.05) is 23.1 Å². The number of carbonyl (C=O) groups is 3. The Morgan fingerprint density at radius 1 is 1.03 bits per heavy atom. The summed E-state index contributed by atoms with van der Waals surface area (Å²) in [4.78, 5) is 41.1. The lowest BCUT2D eigenvalue weighted by Gasteiger charge is -2.30. The fourth-order valence-corrected chi connectivity index (χ4v) is 4.33. The van der Waals surface area contributed by atoms with Crippen molar-refractivity contribution in [1.82, 2.24) is 4.90 Å². The van der Waals surface area contributed by atoms with E-state index in [2.05, 4.69) is 37.4 Å². The molecular weight excluding hydrogens is 378 g/mol. The summed E-state index contributed by atoms with van der Waals surface area (Å²) in [7, 11) is 0. The molecule has 1 N–H and O–H groups in total. The number of carbonyl (C=O) groups excluding carboxylic acids is 3. The van der Waals surface area contributed by atoms with E-state index in [4.69, 9.17) is 0 Å². The number of hydrogen-bond donors (Lipinski definition) is 1. The Labute approximate surface area is 176 Å². The van der Waals surface area contributed by atoms with E-state index >= 15 is 0 Å². The maximum atomic E-state index is 13.0. The Bertz CT molecular complexity index is 1000. The first-order valence-corrected chi connectivity index (χ1v) is 10.5. The van der Waals surface area contributed by atoms with Gasteiger partial charge in [0, 0.05) is 19.4 Å². The van der Waals surface area contributed by atoms with E-state index < -0.39 is 0 Å². The van der Waals surface area contributed by atoms with Gasteiger partial charge in [0.05, 0.1) is 17.4 Å². The highest BCUT2D eigenvalue weighted by atomic mass is 16.2. The van der Waals surface area contributed by atoms with Crippen LogP contribution in [0.1, 0.15) is 48.4 Å². The summed E-state index contributed by atoms with van der Waals surface area (Å²) < 4.78 is 0. The molecule has 2 aromatic carbocycles. The lowest BCUT2D eigenvalue weighted by Crippen LogP contribution is -2.42. The maximum Gasteiger partial charge on any atom is 0.244 e. The second kappa shape index (κ2) is 8.30. The molecule has 2 aliphatic rings. The smallest absolute Gasteiger partial charge is 0.244 e. The van der Waals surface area contributed by atoms with Gasteiger partial charge in [0.2, 0.25) is 17.7 Å². The van der Waals surface area contributed by atoms with Crippen LogP contribution in [0.4, 0.5) is 11.4 Å². The van der Waals surface area contributed by atoms with Gasteiger partial charge in [0.15, 0.2) is 0 Å². The highest BCUT2D eigenvalue weighted by molar-refractivity contribution is 6.10. The summed E-state index contributed by atoms with van der Waals surface area (Å²) in [6.07, 6.45) is 2.16. The number of benzene rings is 2. The maximum absolute atomic E-state index is 13.0. The number of amides is 3. The molecule has 6 nitrogen and oxygen atoms in total. The van der Waals surface area contributed by atoms with Crippen LogP contribution in [0.25, 0.3) is 0 Å². The van der Waals surface area contributed by atoms with Crippen LogP contribution in [0.5, 0.6) is 0 Å². The molecule has 156 valence electrons.